The molecule has 108 valence electrons. The summed E-state index contributed by atoms with van der Waals surface area (Å²) in [5.41, 5.74) is 4.38. The second-order valence-corrected chi connectivity index (χ2v) is 6.65. The van der Waals surface area contributed by atoms with E-state index < -0.39 is 0 Å². The van der Waals surface area contributed by atoms with E-state index >= 15 is 0 Å². The lowest BCUT2D eigenvalue weighted by atomic mass is 9.95. The molecule has 0 saturated carbocycles. The predicted molar refractivity (Wildman–Crippen MR) is 83.9 cm³/mol. The summed E-state index contributed by atoms with van der Waals surface area (Å²) < 4.78 is 0. The molecule has 0 unspecified atom stereocenters. The summed E-state index contributed by atoms with van der Waals surface area (Å²) in [6.07, 6.45) is 4.26. The number of carbonyl (C=O) groups excluding carboxylic acids is 1. The third-order valence-electron chi connectivity index (χ3n) is 4.20. The van der Waals surface area contributed by atoms with Crippen molar-refractivity contribution in [2.45, 2.75) is 32.2 Å². The van der Waals surface area contributed by atoms with Crippen molar-refractivity contribution in [1.29, 1.82) is 0 Å². The summed E-state index contributed by atoms with van der Waals surface area (Å²) in [4.78, 5) is 18.4. The number of amides is 1. The highest BCUT2D eigenvalue weighted by atomic mass is 32.1. The highest BCUT2D eigenvalue weighted by Crippen LogP contribution is 2.31. The molecule has 5 heteroatoms. The Morgan fingerprint density at radius 2 is 2.24 bits per heavy atom. The van der Waals surface area contributed by atoms with Crippen molar-refractivity contribution < 1.29 is 4.79 Å². The van der Waals surface area contributed by atoms with Gasteiger partial charge in [0.2, 0.25) is 0 Å². The van der Waals surface area contributed by atoms with Gasteiger partial charge in [-0.1, -0.05) is 12.1 Å². The smallest absolute Gasteiger partial charge is 0.257 e. The van der Waals surface area contributed by atoms with E-state index in [0.29, 0.717) is 0 Å². The minimum Gasteiger partial charge on any atom is -0.312 e. The van der Waals surface area contributed by atoms with E-state index in [9.17, 15) is 4.79 Å². The second-order valence-electron chi connectivity index (χ2n) is 5.57. The molecule has 1 amide bonds. The van der Waals surface area contributed by atoms with Crippen molar-refractivity contribution in [3.8, 4) is 0 Å². The number of aromatic nitrogens is 1. The molecule has 2 N–H and O–H groups in total. The number of rotatable bonds is 2. The molecule has 0 bridgehead atoms. The molecule has 21 heavy (non-hydrogen) atoms. The predicted octanol–water partition coefficient (Wildman–Crippen LogP) is 2.53. The van der Waals surface area contributed by atoms with E-state index in [0.717, 1.165) is 43.0 Å². The van der Waals surface area contributed by atoms with Gasteiger partial charge in [-0.15, -0.1) is 11.3 Å². The molecule has 0 atom stereocenters. The van der Waals surface area contributed by atoms with Crippen molar-refractivity contribution in [2.75, 3.05) is 11.9 Å². The van der Waals surface area contributed by atoms with Gasteiger partial charge < -0.3 is 5.32 Å². The Balaban J connectivity index is 1.60. The van der Waals surface area contributed by atoms with Crippen LogP contribution >= 0.6 is 11.3 Å². The zero-order valence-electron chi connectivity index (χ0n) is 11.7. The van der Waals surface area contributed by atoms with E-state index in [1.54, 1.807) is 11.3 Å². The molecule has 4 nitrogen and oxygen atoms in total. The number of fused-ring (bicyclic) bond motifs is 2. The summed E-state index contributed by atoms with van der Waals surface area (Å²) in [5, 5.41) is 7.07. The zero-order valence-corrected chi connectivity index (χ0v) is 12.6. The number of anilines is 1. The van der Waals surface area contributed by atoms with Crippen molar-refractivity contribution in [1.82, 2.24) is 10.3 Å². The van der Waals surface area contributed by atoms with Gasteiger partial charge in [-0.05, 0) is 49.4 Å². The first-order valence-electron chi connectivity index (χ1n) is 7.42. The maximum absolute atomic E-state index is 12.5. The molecule has 0 saturated heterocycles. The summed E-state index contributed by atoms with van der Waals surface area (Å²) in [6, 6.07) is 5.97. The molecule has 1 aliphatic carbocycles. The number of thiazole rings is 1. The normalized spacial score (nSPS) is 16.4. The van der Waals surface area contributed by atoms with Gasteiger partial charge in [0.25, 0.3) is 5.91 Å². The quantitative estimate of drug-likeness (QED) is 0.896. The number of nitrogens with one attached hydrogen (secondary N) is 2. The number of hydrogen-bond acceptors (Lipinski definition) is 4. The van der Waals surface area contributed by atoms with Crippen LogP contribution in [0.5, 0.6) is 0 Å². The topological polar surface area (TPSA) is 54.0 Å². The van der Waals surface area contributed by atoms with E-state index in [4.69, 9.17) is 0 Å². The maximum atomic E-state index is 12.5. The fraction of sp³-hybridized carbons (Fsp3) is 0.375. The minimum atomic E-state index is -0.0267. The lowest BCUT2D eigenvalue weighted by molar-refractivity contribution is 0.102. The molecule has 0 radical (unpaired) electrons. The summed E-state index contributed by atoms with van der Waals surface area (Å²) in [5.74, 6) is -0.0267. The van der Waals surface area contributed by atoms with Gasteiger partial charge in [0.15, 0.2) is 5.13 Å². The summed E-state index contributed by atoms with van der Waals surface area (Å²) >= 11 is 1.63. The SMILES string of the molecule is O=C(Nc1nc2c(s1)CCC2)c1cccc2c1CCNC2. The molecule has 2 aliphatic rings. The van der Waals surface area contributed by atoms with Crippen LogP contribution in [0, 0.1) is 0 Å². The third-order valence-corrected chi connectivity index (χ3v) is 5.27. The lowest BCUT2D eigenvalue weighted by Crippen LogP contribution is -2.26. The standard InChI is InChI=1S/C16H17N3OS/c20-15(19-16-18-13-5-2-6-14(13)21-16)12-4-1-3-10-9-17-8-7-11(10)12/h1,3-4,17H,2,5-9H2,(H,18,19,20). The van der Waals surface area contributed by atoms with E-state index in [-0.39, 0.29) is 5.91 Å². The summed E-state index contributed by atoms with van der Waals surface area (Å²) in [7, 11) is 0. The van der Waals surface area contributed by atoms with Crippen LogP contribution in [0.1, 0.15) is 38.5 Å². The number of carbonyl (C=O) groups is 1. The number of hydrogen-bond donors (Lipinski definition) is 2. The maximum Gasteiger partial charge on any atom is 0.257 e. The Morgan fingerprint density at radius 3 is 3.14 bits per heavy atom. The molecule has 1 aromatic carbocycles. The van der Waals surface area contributed by atoms with Gasteiger partial charge in [0.1, 0.15) is 0 Å². The summed E-state index contributed by atoms with van der Waals surface area (Å²) in [6.45, 7) is 1.78. The minimum absolute atomic E-state index is 0.0267. The second kappa shape index (κ2) is 5.24. The van der Waals surface area contributed by atoms with Crippen molar-refractivity contribution >= 4 is 22.4 Å². The Labute approximate surface area is 127 Å². The molecule has 2 aromatic rings. The first kappa shape index (κ1) is 13.0. The first-order chi connectivity index (χ1) is 10.3. The van der Waals surface area contributed by atoms with Gasteiger partial charge in [0.05, 0.1) is 5.69 Å². The molecule has 1 aliphatic heterocycles. The fourth-order valence-corrected chi connectivity index (χ4v) is 4.20. The lowest BCUT2D eigenvalue weighted by Gasteiger charge is -2.19. The van der Waals surface area contributed by atoms with Gasteiger partial charge in [0, 0.05) is 17.0 Å². The number of benzene rings is 1. The Morgan fingerprint density at radius 1 is 1.29 bits per heavy atom. The Hall–Kier alpha value is -1.72. The van der Waals surface area contributed by atoms with Crippen molar-refractivity contribution in [2.24, 2.45) is 0 Å². The van der Waals surface area contributed by atoms with Crippen LogP contribution in [0.2, 0.25) is 0 Å². The molecular weight excluding hydrogens is 282 g/mol. The Kier molecular flexibility index (Phi) is 3.24. The first-order valence-corrected chi connectivity index (χ1v) is 8.24. The van der Waals surface area contributed by atoms with Crippen LogP contribution in [0.3, 0.4) is 0 Å². The van der Waals surface area contributed by atoms with Gasteiger partial charge in [-0.3, -0.25) is 10.1 Å². The molecule has 0 fully saturated rings. The largest absolute Gasteiger partial charge is 0.312 e. The van der Waals surface area contributed by atoms with Gasteiger partial charge in [-0.25, -0.2) is 4.98 Å². The zero-order chi connectivity index (χ0) is 14.2. The molecule has 2 heterocycles. The van der Waals surface area contributed by atoms with Crippen LogP contribution in [0.4, 0.5) is 5.13 Å². The number of nitrogens with zero attached hydrogens (tertiary/aromatic N) is 1. The molecule has 4 rings (SSSR count). The van der Waals surface area contributed by atoms with Crippen LogP contribution in [0.25, 0.3) is 0 Å². The fourth-order valence-electron chi connectivity index (χ4n) is 3.15. The van der Waals surface area contributed by atoms with Crippen LogP contribution in [-0.4, -0.2) is 17.4 Å². The van der Waals surface area contributed by atoms with Crippen LogP contribution < -0.4 is 10.6 Å². The van der Waals surface area contributed by atoms with Crippen molar-refractivity contribution in [3.63, 3.8) is 0 Å². The van der Waals surface area contributed by atoms with Crippen LogP contribution in [-0.2, 0) is 25.8 Å². The average molecular weight is 299 g/mol. The average Bonchev–Trinajstić information content (AvgIpc) is 3.07. The van der Waals surface area contributed by atoms with Crippen molar-refractivity contribution in [3.05, 3.63) is 45.5 Å². The highest BCUT2D eigenvalue weighted by molar-refractivity contribution is 7.16. The van der Waals surface area contributed by atoms with Gasteiger partial charge in [-0.2, -0.15) is 0 Å². The molecule has 0 spiro atoms. The van der Waals surface area contributed by atoms with Crippen LogP contribution in [0.15, 0.2) is 18.2 Å². The van der Waals surface area contributed by atoms with Gasteiger partial charge >= 0.3 is 0 Å². The monoisotopic (exact) mass is 299 g/mol. The molecular formula is C16H17N3OS. The van der Waals surface area contributed by atoms with E-state index in [1.165, 1.54) is 28.1 Å². The number of aryl methyl sites for hydroxylation is 2. The van der Waals surface area contributed by atoms with E-state index in [2.05, 4.69) is 21.7 Å². The Bertz CT molecular complexity index is 686. The highest BCUT2D eigenvalue weighted by Gasteiger charge is 2.20. The third kappa shape index (κ3) is 2.36. The van der Waals surface area contributed by atoms with E-state index in [1.807, 2.05) is 12.1 Å². The molecule has 1 aromatic heterocycles.